The van der Waals surface area contributed by atoms with E-state index in [4.69, 9.17) is 16.3 Å². The third kappa shape index (κ3) is 3.55. The lowest BCUT2D eigenvalue weighted by Crippen LogP contribution is -2.46. The fourth-order valence-corrected chi connectivity index (χ4v) is 4.76. The lowest BCUT2D eigenvalue weighted by Gasteiger charge is -2.36. The molecule has 152 valence electrons. The lowest BCUT2D eigenvalue weighted by molar-refractivity contribution is 0.414. The van der Waals surface area contributed by atoms with Gasteiger partial charge in [-0.3, -0.25) is 0 Å². The molecule has 6 nitrogen and oxygen atoms in total. The Balaban J connectivity index is 1.39. The van der Waals surface area contributed by atoms with Gasteiger partial charge in [-0.15, -0.1) is 0 Å². The normalized spacial score (nSPS) is 14.3. The molecule has 30 heavy (non-hydrogen) atoms. The van der Waals surface area contributed by atoms with Gasteiger partial charge in [-0.2, -0.15) is 4.37 Å². The quantitative estimate of drug-likeness (QED) is 0.459. The second-order valence-electron chi connectivity index (χ2n) is 7.09. The van der Waals surface area contributed by atoms with Crippen LogP contribution in [0.15, 0.2) is 54.9 Å². The van der Waals surface area contributed by atoms with E-state index < -0.39 is 0 Å². The van der Waals surface area contributed by atoms with Gasteiger partial charge in [0.2, 0.25) is 0 Å². The molecule has 0 bridgehead atoms. The molecule has 0 unspecified atom stereocenters. The molecular weight excluding hydrogens is 418 g/mol. The molecule has 2 aromatic heterocycles. The van der Waals surface area contributed by atoms with Gasteiger partial charge in [0.15, 0.2) is 5.82 Å². The average Bonchev–Trinajstić information content (AvgIpc) is 3.24. The Bertz CT molecular complexity index is 1170. The predicted molar refractivity (Wildman–Crippen MR) is 123 cm³/mol. The highest BCUT2D eigenvalue weighted by Gasteiger charge is 2.23. The van der Waals surface area contributed by atoms with Crippen molar-refractivity contribution in [1.29, 1.82) is 0 Å². The van der Waals surface area contributed by atoms with Crippen LogP contribution in [0.3, 0.4) is 0 Å². The zero-order valence-electron chi connectivity index (χ0n) is 16.5. The van der Waals surface area contributed by atoms with E-state index in [1.54, 1.807) is 13.4 Å². The number of hydrogen-bond acceptors (Lipinski definition) is 7. The first kappa shape index (κ1) is 19.1. The van der Waals surface area contributed by atoms with Crippen molar-refractivity contribution in [3.63, 3.8) is 0 Å². The Morgan fingerprint density at radius 3 is 2.50 bits per heavy atom. The van der Waals surface area contributed by atoms with Crippen LogP contribution >= 0.6 is 23.1 Å². The molecule has 0 radical (unpaired) electrons. The van der Waals surface area contributed by atoms with E-state index in [0.29, 0.717) is 5.02 Å². The summed E-state index contributed by atoms with van der Waals surface area (Å²) in [6.45, 7) is 3.61. The monoisotopic (exact) mass is 437 g/mol. The van der Waals surface area contributed by atoms with E-state index in [9.17, 15) is 0 Å². The number of aromatic nitrogens is 3. The summed E-state index contributed by atoms with van der Waals surface area (Å²) >= 11 is 7.49. The van der Waals surface area contributed by atoms with Gasteiger partial charge in [0, 0.05) is 48.5 Å². The van der Waals surface area contributed by atoms with E-state index >= 15 is 0 Å². The molecule has 0 amide bonds. The van der Waals surface area contributed by atoms with E-state index in [1.807, 2.05) is 36.4 Å². The minimum Gasteiger partial charge on any atom is -0.497 e. The summed E-state index contributed by atoms with van der Waals surface area (Å²) in [5, 5.41) is 0.711. The van der Waals surface area contributed by atoms with Crippen molar-refractivity contribution in [2.75, 3.05) is 43.1 Å². The predicted octanol–water partition coefficient (Wildman–Crippen LogP) is 4.74. The number of hydrogen-bond donors (Lipinski definition) is 0. The number of rotatable bonds is 4. The van der Waals surface area contributed by atoms with E-state index in [1.165, 1.54) is 17.2 Å². The van der Waals surface area contributed by atoms with Crippen LogP contribution in [0.5, 0.6) is 5.75 Å². The molecular formula is C22H20ClN5OS. The van der Waals surface area contributed by atoms with E-state index in [-0.39, 0.29) is 0 Å². The number of benzene rings is 2. The SMILES string of the molecule is COc1cccc(N2CCN(c3ncnc4c(-c5ccc(Cl)cc5)nsc34)CC2)c1. The van der Waals surface area contributed by atoms with Gasteiger partial charge in [-0.1, -0.05) is 29.8 Å². The number of fused-ring (bicyclic) bond motifs is 1. The van der Waals surface area contributed by atoms with Crippen LogP contribution in [0.1, 0.15) is 0 Å². The minimum absolute atomic E-state index is 0.711. The minimum atomic E-state index is 0.711. The second-order valence-corrected chi connectivity index (χ2v) is 8.30. The average molecular weight is 438 g/mol. The van der Waals surface area contributed by atoms with Gasteiger partial charge in [-0.25, -0.2) is 9.97 Å². The van der Waals surface area contributed by atoms with Crippen LogP contribution in [-0.2, 0) is 0 Å². The van der Waals surface area contributed by atoms with Crippen LogP contribution in [0.4, 0.5) is 11.5 Å². The zero-order valence-corrected chi connectivity index (χ0v) is 18.0. The first-order valence-electron chi connectivity index (χ1n) is 9.73. The van der Waals surface area contributed by atoms with Crippen molar-refractivity contribution < 1.29 is 4.74 Å². The summed E-state index contributed by atoms with van der Waals surface area (Å²) in [5.41, 5.74) is 3.97. The third-order valence-corrected chi connectivity index (χ3v) is 6.44. The van der Waals surface area contributed by atoms with Crippen molar-refractivity contribution in [3.8, 4) is 17.0 Å². The van der Waals surface area contributed by atoms with Gasteiger partial charge >= 0.3 is 0 Å². The van der Waals surface area contributed by atoms with E-state index in [2.05, 4.69) is 36.3 Å². The van der Waals surface area contributed by atoms with Crippen LogP contribution in [0.25, 0.3) is 21.5 Å². The smallest absolute Gasteiger partial charge is 0.151 e. The Hall–Kier alpha value is -2.90. The lowest BCUT2D eigenvalue weighted by atomic mass is 10.1. The maximum atomic E-state index is 6.03. The molecule has 0 aliphatic carbocycles. The van der Waals surface area contributed by atoms with Crippen LogP contribution in [0, 0.1) is 0 Å². The number of nitrogens with zero attached hydrogens (tertiary/aromatic N) is 5. The summed E-state index contributed by atoms with van der Waals surface area (Å²) in [4.78, 5) is 13.8. The first-order valence-corrected chi connectivity index (χ1v) is 10.9. The molecule has 0 saturated carbocycles. The van der Waals surface area contributed by atoms with Gasteiger partial charge in [-0.05, 0) is 35.8 Å². The number of methoxy groups -OCH3 is 1. The Kier molecular flexibility index (Phi) is 5.14. The molecule has 1 aliphatic heterocycles. The van der Waals surface area contributed by atoms with E-state index in [0.717, 1.165) is 59.2 Å². The molecule has 1 saturated heterocycles. The molecule has 0 atom stereocenters. The standard InChI is InChI=1S/C22H20ClN5OS/c1-29-18-4-2-3-17(13-18)27-9-11-28(12-10-27)22-21-20(24-14-25-22)19(26-30-21)15-5-7-16(23)8-6-15/h2-8,13-14H,9-12H2,1H3. The summed E-state index contributed by atoms with van der Waals surface area (Å²) in [7, 11) is 1.70. The molecule has 0 spiro atoms. The fraction of sp³-hybridized carbons (Fsp3) is 0.227. The Morgan fingerprint density at radius 2 is 1.73 bits per heavy atom. The number of anilines is 2. The Morgan fingerprint density at radius 1 is 0.967 bits per heavy atom. The van der Waals surface area contributed by atoms with Gasteiger partial charge in [0.05, 0.1) is 7.11 Å². The molecule has 4 aromatic rings. The topological polar surface area (TPSA) is 54.4 Å². The number of ether oxygens (including phenoxy) is 1. The molecule has 1 aliphatic rings. The second kappa shape index (κ2) is 8.08. The highest BCUT2D eigenvalue weighted by molar-refractivity contribution is 7.14. The van der Waals surface area contributed by atoms with Crippen LogP contribution in [-0.4, -0.2) is 47.6 Å². The Labute approximate surface area is 183 Å². The van der Waals surface area contributed by atoms with Crippen molar-refractivity contribution in [2.45, 2.75) is 0 Å². The maximum absolute atomic E-state index is 6.03. The highest BCUT2D eigenvalue weighted by atomic mass is 35.5. The van der Waals surface area contributed by atoms with Crippen molar-refractivity contribution in [3.05, 3.63) is 59.9 Å². The van der Waals surface area contributed by atoms with Crippen molar-refractivity contribution in [1.82, 2.24) is 14.3 Å². The molecule has 2 aromatic carbocycles. The molecule has 1 fully saturated rings. The van der Waals surface area contributed by atoms with Crippen molar-refractivity contribution in [2.24, 2.45) is 0 Å². The third-order valence-electron chi connectivity index (χ3n) is 5.35. The highest BCUT2D eigenvalue weighted by Crippen LogP contribution is 2.35. The summed E-state index contributed by atoms with van der Waals surface area (Å²) in [5.74, 6) is 1.84. The fourth-order valence-electron chi connectivity index (χ4n) is 3.76. The number of piperazine rings is 1. The largest absolute Gasteiger partial charge is 0.497 e. The first-order chi connectivity index (χ1) is 14.7. The van der Waals surface area contributed by atoms with Crippen molar-refractivity contribution >= 4 is 44.9 Å². The maximum Gasteiger partial charge on any atom is 0.151 e. The van der Waals surface area contributed by atoms with Gasteiger partial charge in [0.1, 0.15) is 28.0 Å². The molecule has 0 N–H and O–H groups in total. The van der Waals surface area contributed by atoms with Gasteiger partial charge < -0.3 is 14.5 Å². The summed E-state index contributed by atoms with van der Waals surface area (Å²) in [6, 6.07) is 15.9. The van der Waals surface area contributed by atoms with Gasteiger partial charge in [0.25, 0.3) is 0 Å². The summed E-state index contributed by atoms with van der Waals surface area (Å²) < 4.78 is 11.1. The molecule has 3 heterocycles. The molecule has 5 rings (SSSR count). The zero-order chi connectivity index (χ0) is 20.5. The van der Waals surface area contributed by atoms with Crippen LogP contribution < -0.4 is 14.5 Å². The van der Waals surface area contributed by atoms with Crippen LogP contribution in [0.2, 0.25) is 5.02 Å². The summed E-state index contributed by atoms with van der Waals surface area (Å²) in [6.07, 6.45) is 1.64. The number of halogens is 1. The molecule has 8 heteroatoms.